The average Bonchev–Trinajstić information content (AvgIpc) is 2.21. The Labute approximate surface area is 504 Å². The van der Waals surface area contributed by atoms with Crippen LogP contribution in [0.25, 0.3) is 0 Å². The molecule has 3 fully saturated rings. The Morgan fingerprint density at radius 2 is 1.00 bits per heavy atom. The number of ether oxygens (including phenoxy) is 15. The standard InChI is InChI=1S/C55H93N3O29/c1-33(62)58-42-45(68)49(86-54-48(71)50(44(67)38(30-60)84-54)87-53-47(70)46(69)43(66)37(29-59)83-53)39(31-61)85-52(42)81-9-5-7-56-40(63)32-82-36-27-34(26-35(28-36)55(2,3)4)51(72)57-8-11-74-13-15-76-17-19-78-21-23-80-25-24-79-22-20-77-18-16-75-14-12-73-10-6-41(64)65/h26-28,37-39,42-50,52-54,59-61,66-71H,5-25,29-32H2,1-4H3,(H,56,63)(H,57,72)(H,58,62)(H,64,65)/t37-,38-,39-,42-,43+,44+,45-,46+,47-,48-,49-,50+,52-,53-,54+/m1/s1. The van der Waals surface area contributed by atoms with Crippen molar-refractivity contribution in [1.82, 2.24) is 16.0 Å². The van der Waals surface area contributed by atoms with Crippen molar-refractivity contribution >= 4 is 23.7 Å². The van der Waals surface area contributed by atoms with E-state index in [4.69, 9.17) is 76.2 Å². The molecule has 3 amide bonds. The molecular weight excluding hydrogens is 1170 g/mol. The van der Waals surface area contributed by atoms with Crippen LogP contribution < -0.4 is 20.7 Å². The summed E-state index contributed by atoms with van der Waals surface area (Å²) in [4.78, 5) is 48.9. The number of carbonyl (C=O) groups is 4. The van der Waals surface area contributed by atoms with Crippen LogP contribution in [-0.2, 0) is 86.1 Å². The quantitative estimate of drug-likeness (QED) is 0.0272. The van der Waals surface area contributed by atoms with Crippen LogP contribution in [0.4, 0.5) is 0 Å². The summed E-state index contributed by atoms with van der Waals surface area (Å²) in [5, 5.41) is 111. The molecule has 32 nitrogen and oxygen atoms in total. The first kappa shape index (κ1) is 75.4. The molecule has 1 aromatic carbocycles. The van der Waals surface area contributed by atoms with Crippen molar-refractivity contribution in [1.29, 1.82) is 0 Å². The van der Waals surface area contributed by atoms with Gasteiger partial charge < -0.3 is 138 Å². The smallest absolute Gasteiger partial charge is 0.305 e. The summed E-state index contributed by atoms with van der Waals surface area (Å²) >= 11 is 0. The van der Waals surface area contributed by atoms with Crippen molar-refractivity contribution < 1.29 is 141 Å². The van der Waals surface area contributed by atoms with Gasteiger partial charge in [-0.25, -0.2) is 0 Å². The van der Waals surface area contributed by atoms with E-state index in [-0.39, 0.29) is 62.8 Å². The minimum absolute atomic E-state index is 0.0369. The highest BCUT2D eigenvalue weighted by Gasteiger charge is 2.54. The van der Waals surface area contributed by atoms with Crippen LogP contribution in [0.5, 0.6) is 5.75 Å². The molecule has 3 saturated heterocycles. The molecule has 502 valence electrons. The maximum atomic E-state index is 13.2. The number of rotatable bonds is 44. The number of carboxylic acids is 1. The molecule has 0 radical (unpaired) electrons. The van der Waals surface area contributed by atoms with Crippen molar-refractivity contribution in [3.05, 3.63) is 29.3 Å². The van der Waals surface area contributed by atoms with Gasteiger partial charge in [0.2, 0.25) is 5.91 Å². The average molecular weight is 1260 g/mol. The zero-order chi connectivity index (χ0) is 63.7. The fourth-order valence-corrected chi connectivity index (χ4v) is 8.67. The van der Waals surface area contributed by atoms with Crippen LogP contribution in [0.15, 0.2) is 18.2 Å². The van der Waals surface area contributed by atoms with E-state index in [1.54, 1.807) is 12.1 Å². The third-order valence-electron chi connectivity index (χ3n) is 13.4. The van der Waals surface area contributed by atoms with Gasteiger partial charge in [-0.3, -0.25) is 19.2 Å². The number of nitrogens with one attached hydrogen (secondary N) is 3. The molecule has 13 N–H and O–H groups in total. The summed E-state index contributed by atoms with van der Waals surface area (Å²) in [6, 6.07) is 3.66. The summed E-state index contributed by atoms with van der Waals surface area (Å²) in [5.41, 5.74) is 0.707. The van der Waals surface area contributed by atoms with Gasteiger partial charge in [-0.1, -0.05) is 20.8 Å². The Kier molecular flexibility index (Phi) is 35.9. The van der Waals surface area contributed by atoms with Crippen LogP contribution in [0.1, 0.15) is 56.5 Å². The third-order valence-corrected chi connectivity index (χ3v) is 13.4. The second kappa shape index (κ2) is 41.4. The molecule has 3 aliphatic rings. The minimum atomic E-state index is -1.99. The van der Waals surface area contributed by atoms with Gasteiger partial charge in [0.25, 0.3) is 11.8 Å². The van der Waals surface area contributed by atoms with Gasteiger partial charge in [0.15, 0.2) is 25.5 Å². The number of amides is 3. The van der Waals surface area contributed by atoms with Gasteiger partial charge in [0.1, 0.15) is 78.9 Å². The molecular formula is C55H93N3O29. The molecule has 0 saturated carbocycles. The number of aliphatic carboxylic acids is 1. The van der Waals surface area contributed by atoms with Gasteiger partial charge in [0, 0.05) is 25.6 Å². The molecule has 0 spiro atoms. The molecule has 0 aliphatic carbocycles. The molecule has 3 heterocycles. The van der Waals surface area contributed by atoms with E-state index in [9.17, 15) is 65.1 Å². The number of aliphatic hydroxyl groups excluding tert-OH is 9. The molecule has 0 aromatic heterocycles. The van der Waals surface area contributed by atoms with E-state index >= 15 is 0 Å². The van der Waals surface area contributed by atoms with E-state index < -0.39 is 136 Å². The van der Waals surface area contributed by atoms with Crippen molar-refractivity contribution in [3.63, 3.8) is 0 Å². The number of aliphatic hydroxyl groups is 9. The largest absolute Gasteiger partial charge is 0.484 e. The topological polar surface area (TPSA) is 445 Å². The second-order valence-corrected chi connectivity index (χ2v) is 21.2. The molecule has 4 rings (SSSR count). The lowest BCUT2D eigenvalue weighted by molar-refractivity contribution is -0.376. The van der Waals surface area contributed by atoms with E-state index in [0.29, 0.717) is 98.1 Å². The number of benzene rings is 1. The third kappa shape index (κ3) is 27.1. The number of carboxylic acid groups (broad SMARTS) is 1. The Bertz CT molecular complexity index is 2090. The molecule has 1 aromatic rings. The lowest BCUT2D eigenvalue weighted by Gasteiger charge is -2.48. The van der Waals surface area contributed by atoms with E-state index in [2.05, 4.69) is 16.0 Å². The number of carbonyl (C=O) groups excluding carboxylic acids is 3. The molecule has 87 heavy (non-hydrogen) atoms. The molecule has 15 atom stereocenters. The lowest BCUT2D eigenvalue weighted by atomic mass is 9.86. The van der Waals surface area contributed by atoms with Gasteiger partial charge in [-0.15, -0.1) is 0 Å². The summed E-state index contributed by atoms with van der Waals surface area (Å²) in [6.07, 6.45) is -23.7. The van der Waals surface area contributed by atoms with E-state index in [0.717, 1.165) is 12.5 Å². The molecule has 3 aliphatic heterocycles. The predicted molar refractivity (Wildman–Crippen MR) is 296 cm³/mol. The van der Waals surface area contributed by atoms with Crippen LogP contribution in [-0.4, -0.2) is 319 Å². The Morgan fingerprint density at radius 1 is 0.517 bits per heavy atom. The highest BCUT2D eigenvalue weighted by molar-refractivity contribution is 5.95. The summed E-state index contributed by atoms with van der Waals surface area (Å²) in [6.45, 7) is 10.0. The highest BCUT2D eigenvalue weighted by atomic mass is 16.8. The molecule has 32 heteroatoms. The van der Waals surface area contributed by atoms with Crippen molar-refractivity contribution in [2.75, 3.05) is 152 Å². The fraction of sp³-hybridized carbons (Fsp3) is 0.818. The van der Waals surface area contributed by atoms with Crippen LogP contribution in [0.2, 0.25) is 0 Å². The van der Waals surface area contributed by atoms with Crippen LogP contribution in [0.3, 0.4) is 0 Å². The second-order valence-electron chi connectivity index (χ2n) is 21.2. The molecule has 0 unspecified atom stereocenters. The Morgan fingerprint density at radius 3 is 1.51 bits per heavy atom. The summed E-state index contributed by atoms with van der Waals surface area (Å²) in [5.74, 6) is -2.12. The first-order valence-corrected chi connectivity index (χ1v) is 28.9. The Hall–Kier alpha value is -4.02. The van der Waals surface area contributed by atoms with Crippen molar-refractivity contribution in [3.8, 4) is 5.75 Å². The maximum Gasteiger partial charge on any atom is 0.305 e. The first-order chi connectivity index (χ1) is 41.7. The first-order valence-electron chi connectivity index (χ1n) is 28.9. The van der Waals surface area contributed by atoms with Gasteiger partial charge in [-0.2, -0.15) is 0 Å². The zero-order valence-electron chi connectivity index (χ0n) is 49.8. The number of hydrogen-bond donors (Lipinski definition) is 13. The highest BCUT2D eigenvalue weighted by Crippen LogP contribution is 2.33. The normalized spacial score (nSPS) is 27.6. The monoisotopic (exact) mass is 1260 g/mol. The summed E-state index contributed by atoms with van der Waals surface area (Å²) < 4.78 is 83.6. The van der Waals surface area contributed by atoms with Crippen LogP contribution >= 0.6 is 0 Å². The fourth-order valence-electron chi connectivity index (χ4n) is 8.67. The maximum absolute atomic E-state index is 13.2. The number of hydrogen-bond acceptors (Lipinski definition) is 28. The van der Waals surface area contributed by atoms with Gasteiger partial charge in [-0.05, 0) is 35.6 Å². The van der Waals surface area contributed by atoms with E-state index in [1.165, 1.54) is 6.07 Å². The Balaban J connectivity index is 1.09. The molecule has 0 bridgehead atoms. The van der Waals surface area contributed by atoms with Crippen molar-refractivity contribution in [2.45, 2.75) is 138 Å². The zero-order valence-corrected chi connectivity index (χ0v) is 49.8. The van der Waals surface area contributed by atoms with Gasteiger partial charge in [0.05, 0.1) is 139 Å². The summed E-state index contributed by atoms with van der Waals surface area (Å²) in [7, 11) is 0. The minimum Gasteiger partial charge on any atom is -0.484 e. The van der Waals surface area contributed by atoms with Crippen molar-refractivity contribution in [2.24, 2.45) is 0 Å². The van der Waals surface area contributed by atoms with Gasteiger partial charge >= 0.3 is 5.97 Å². The predicted octanol–water partition coefficient (Wildman–Crippen LogP) is -5.18. The SMILES string of the molecule is CC(=O)N[C@H]1[C@H](OCCCNC(=O)COc2cc(C(=O)NCCOCCOCCOCCOCCOCCOCCOCCOCCC(=O)O)cc(C(C)(C)C)c2)O[C@H](CO)[C@@H](O[C@@H]2O[C@H](CO)[C@H](O)[C@H](O[C@H]3O[C@H](CO)[C@H](O)[C@H](O)[C@H]3O)[C@H]2O)[C@@H]1O. The van der Waals surface area contributed by atoms with E-state index in [1.807, 2.05) is 20.8 Å². The van der Waals surface area contributed by atoms with Crippen LogP contribution in [0, 0.1) is 0 Å². The lowest BCUT2D eigenvalue weighted by Crippen LogP contribution is -2.68.